The zero-order valence-electron chi connectivity index (χ0n) is 10.1. The van der Waals surface area contributed by atoms with Gasteiger partial charge in [-0.2, -0.15) is 0 Å². The van der Waals surface area contributed by atoms with Crippen molar-refractivity contribution in [3.05, 3.63) is 17.8 Å². The van der Waals surface area contributed by atoms with Gasteiger partial charge in [-0.05, 0) is 31.7 Å². The van der Waals surface area contributed by atoms with Crippen LogP contribution in [0.25, 0.3) is 0 Å². The molecule has 1 fully saturated rings. The predicted molar refractivity (Wildman–Crippen MR) is 66.2 cm³/mol. The number of aromatic carboxylic acids is 1. The molecule has 3 N–H and O–H groups in total. The molecule has 0 aliphatic heterocycles. The molecule has 1 heterocycles. The number of carboxylic acid groups (broad SMARTS) is 1. The number of aromatic nitrogens is 1. The molecule has 5 heteroatoms. The summed E-state index contributed by atoms with van der Waals surface area (Å²) in [5, 5.41) is 8.84. The molecule has 1 unspecified atom stereocenters. The molecule has 0 spiro atoms. The monoisotopic (exact) mass is 235 g/mol. The Morgan fingerprint density at radius 3 is 2.76 bits per heavy atom. The highest BCUT2D eigenvalue weighted by Gasteiger charge is 2.31. The zero-order chi connectivity index (χ0) is 12.6. The van der Waals surface area contributed by atoms with E-state index in [4.69, 9.17) is 10.8 Å². The quantitative estimate of drug-likeness (QED) is 0.828. The van der Waals surface area contributed by atoms with E-state index >= 15 is 0 Å². The van der Waals surface area contributed by atoms with Crippen molar-refractivity contribution in [3.8, 4) is 0 Å². The van der Waals surface area contributed by atoms with Crippen molar-refractivity contribution in [1.82, 2.24) is 4.98 Å². The summed E-state index contributed by atoms with van der Waals surface area (Å²) in [6, 6.07) is 1.85. The first-order chi connectivity index (χ1) is 8.00. The third-order valence-corrected chi connectivity index (χ3v) is 3.39. The van der Waals surface area contributed by atoms with Gasteiger partial charge in [0.05, 0.1) is 11.3 Å². The SMILES string of the molecule is CC(C1CC1)N(C)c1ncc(C(=O)O)cc1N. The van der Waals surface area contributed by atoms with E-state index in [0.717, 1.165) is 0 Å². The second-order valence-corrected chi connectivity index (χ2v) is 4.63. The fraction of sp³-hybridized carbons (Fsp3) is 0.500. The summed E-state index contributed by atoms with van der Waals surface area (Å²) < 4.78 is 0. The number of nitrogens with two attached hydrogens (primary N) is 1. The van der Waals surface area contributed by atoms with Crippen molar-refractivity contribution in [2.75, 3.05) is 17.7 Å². The molecule has 1 aromatic heterocycles. The molecule has 2 rings (SSSR count). The maximum absolute atomic E-state index is 10.8. The van der Waals surface area contributed by atoms with Crippen LogP contribution in [0.5, 0.6) is 0 Å². The molecule has 1 atom stereocenters. The van der Waals surface area contributed by atoms with Gasteiger partial charge in [-0.15, -0.1) is 0 Å². The molecule has 1 saturated carbocycles. The number of anilines is 2. The molecule has 0 bridgehead atoms. The number of hydrogen-bond acceptors (Lipinski definition) is 4. The molecule has 0 saturated heterocycles. The topological polar surface area (TPSA) is 79.5 Å². The smallest absolute Gasteiger partial charge is 0.337 e. The van der Waals surface area contributed by atoms with Crippen molar-refractivity contribution in [1.29, 1.82) is 0 Å². The van der Waals surface area contributed by atoms with Crippen LogP contribution in [-0.2, 0) is 0 Å². The predicted octanol–water partition coefficient (Wildman–Crippen LogP) is 1.60. The first-order valence-electron chi connectivity index (χ1n) is 5.72. The van der Waals surface area contributed by atoms with Gasteiger partial charge in [-0.1, -0.05) is 0 Å². The van der Waals surface area contributed by atoms with Gasteiger partial charge in [0.25, 0.3) is 0 Å². The lowest BCUT2D eigenvalue weighted by Gasteiger charge is -2.27. The number of carbonyl (C=O) groups is 1. The number of nitrogens with zero attached hydrogens (tertiary/aromatic N) is 2. The summed E-state index contributed by atoms with van der Waals surface area (Å²) in [7, 11) is 1.95. The van der Waals surface area contributed by atoms with E-state index in [1.807, 2.05) is 11.9 Å². The van der Waals surface area contributed by atoms with Gasteiger partial charge in [0.1, 0.15) is 0 Å². The molecule has 0 amide bonds. The van der Waals surface area contributed by atoms with E-state index in [1.54, 1.807) is 0 Å². The molecule has 1 aromatic rings. The average Bonchev–Trinajstić information content (AvgIpc) is 3.10. The van der Waals surface area contributed by atoms with Crippen molar-refractivity contribution < 1.29 is 9.90 Å². The van der Waals surface area contributed by atoms with Crippen molar-refractivity contribution in [3.63, 3.8) is 0 Å². The maximum Gasteiger partial charge on any atom is 0.337 e. The molecule has 0 radical (unpaired) electrons. The molecule has 1 aliphatic carbocycles. The average molecular weight is 235 g/mol. The van der Waals surface area contributed by atoms with Gasteiger partial charge in [0.15, 0.2) is 5.82 Å². The third kappa shape index (κ3) is 2.33. The summed E-state index contributed by atoms with van der Waals surface area (Å²) in [5.74, 6) is 0.364. The minimum atomic E-state index is -1.01. The fourth-order valence-electron chi connectivity index (χ4n) is 1.97. The van der Waals surface area contributed by atoms with Crippen LogP contribution in [0.3, 0.4) is 0 Å². The normalized spacial score (nSPS) is 16.6. The van der Waals surface area contributed by atoms with E-state index in [0.29, 0.717) is 23.5 Å². The van der Waals surface area contributed by atoms with E-state index < -0.39 is 5.97 Å². The van der Waals surface area contributed by atoms with E-state index in [9.17, 15) is 4.79 Å². The Labute approximate surface area is 100 Å². The molecule has 92 valence electrons. The first-order valence-corrected chi connectivity index (χ1v) is 5.72. The Morgan fingerprint density at radius 2 is 2.29 bits per heavy atom. The summed E-state index contributed by atoms with van der Waals surface area (Å²) >= 11 is 0. The van der Waals surface area contributed by atoms with Gasteiger partial charge in [0.2, 0.25) is 0 Å². The summed E-state index contributed by atoms with van der Waals surface area (Å²) in [6.45, 7) is 2.14. The standard InChI is InChI=1S/C12H17N3O2/c1-7(8-3-4-8)15(2)11-10(13)5-9(6-14-11)12(16)17/h5-8H,3-4,13H2,1-2H3,(H,16,17). The third-order valence-electron chi connectivity index (χ3n) is 3.39. The van der Waals surface area contributed by atoms with Gasteiger partial charge >= 0.3 is 5.97 Å². The van der Waals surface area contributed by atoms with Crippen LogP contribution in [0.1, 0.15) is 30.1 Å². The first kappa shape index (κ1) is 11.7. The molecular formula is C12H17N3O2. The number of nitrogen functional groups attached to an aromatic ring is 1. The molecule has 17 heavy (non-hydrogen) atoms. The van der Waals surface area contributed by atoms with Crippen LogP contribution in [0, 0.1) is 5.92 Å². The lowest BCUT2D eigenvalue weighted by molar-refractivity contribution is 0.0696. The highest BCUT2D eigenvalue weighted by atomic mass is 16.4. The maximum atomic E-state index is 10.8. The number of carboxylic acids is 1. The summed E-state index contributed by atoms with van der Waals surface area (Å²) in [4.78, 5) is 17.0. The highest BCUT2D eigenvalue weighted by molar-refractivity contribution is 5.89. The van der Waals surface area contributed by atoms with Crippen molar-refractivity contribution in [2.45, 2.75) is 25.8 Å². The number of rotatable bonds is 4. The highest BCUT2D eigenvalue weighted by Crippen LogP contribution is 2.36. The van der Waals surface area contributed by atoms with Gasteiger partial charge in [-0.25, -0.2) is 9.78 Å². The molecular weight excluding hydrogens is 218 g/mol. The van der Waals surface area contributed by atoms with Crippen LogP contribution in [-0.4, -0.2) is 29.1 Å². The second-order valence-electron chi connectivity index (χ2n) is 4.63. The second kappa shape index (κ2) is 4.24. The summed E-state index contributed by atoms with van der Waals surface area (Å²) in [6.07, 6.45) is 3.85. The Kier molecular flexibility index (Phi) is 2.92. The van der Waals surface area contributed by atoms with Crippen LogP contribution in [0.2, 0.25) is 0 Å². The van der Waals surface area contributed by atoms with E-state index in [2.05, 4.69) is 11.9 Å². The van der Waals surface area contributed by atoms with Gasteiger partial charge in [0, 0.05) is 19.3 Å². The van der Waals surface area contributed by atoms with Crippen LogP contribution >= 0.6 is 0 Å². The fourth-order valence-corrected chi connectivity index (χ4v) is 1.97. The summed E-state index contributed by atoms with van der Waals surface area (Å²) in [5.41, 5.74) is 6.39. The molecule has 0 aromatic carbocycles. The Balaban J connectivity index is 2.23. The molecule has 5 nitrogen and oxygen atoms in total. The van der Waals surface area contributed by atoms with Crippen LogP contribution in [0.15, 0.2) is 12.3 Å². The van der Waals surface area contributed by atoms with Crippen molar-refractivity contribution >= 4 is 17.5 Å². The Bertz CT molecular complexity index is 443. The van der Waals surface area contributed by atoms with Gasteiger partial charge < -0.3 is 15.7 Å². The largest absolute Gasteiger partial charge is 0.478 e. The lowest BCUT2D eigenvalue weighted by Crippen LogP contribution is -2.32. The van der Waals surface area contributed by atoms with E-state index in [-0.39, 0.29) is 5.56 Å². The number of hydrogen-bond donors (Lipinski definition) is 2. The number of pyridine rings is 1. The lowest BCUT2D eigenvalue weighted by atomic mass is 10.2. The Morgan fingerprint density at radius 1 is 1.65 bits per heavy atom. The Hall–Kier alpha value is -1.78. The van der Waals surface area contributed by atoms with Crippen LogP contribution in [0.4, 0.5) is 11.5 Å². The van der Waals surface area contributed by atoms with Crippen molar-refractivity contribution in [2.24, 2.45) is 5.92 Å². The zero-order valence-corrected chi connectivity index (χ0v) is 10.1. The van der Waals surface area contributed by atoms with Gasteiger partial charge in [-0.3, -0.25) is 0 Å². The minimum Gasteiger partial charge on any atom is -0.478 e. The minimum absolute atomic E-state index is 0.124. The van der Waals surface area contributed by atoms with E-state index in [1.165, 1.54) is 25.1 Å². The van der Waals surface area contributed by atoms with Crippen LogP contribution < -0.4 is 10.6 Å². The molecule has 1 aliphatic rings.